The van der Waals surface area contributed by atoms with Gasteiger partial charge in [-0.3, -0.25) is 0 Å². The molecule has 14 heavy (non-hydrogen) atoms. The summed E-state index contributed by atoms with van der Waals surface area (Å²) in [7, 11) is 0. The molecular formula is C11H11F2N. The molecule has 0 unspecified atom stereocenters. The van der Waals surface area contributed by atoms with Gasteiger partial charge < -0.3 is 5.32 Å². The number of nitrogens with one attached hydrogen (secondary N) is 1. The number of hydrogen-bond acceptors (Lipinski definition) is 1. The van der Waals surface area contributed by atoms with E-state index in [1.165, 1.54) is 12.1 Å². The lowest BCUT2D eigenvalue weighted by molar-refractivity contribution is 0.581. The van der Waals surface area contributed by atoms with Crippen LogP contribution in [0.2, 0.25) is 0 Å². The van der Waals surface area contributed by atoms with Crippen LogP contribution in [0.5, 0.6) is 0 Å². The van der Waals surface area contributed by atoms with E-state index in [0.29, 0.717) is 5.56 Å². The van der Waals surface area contributed by atoms with E-state index in [-0.39, 0.29) is 0 Å². The van der Waals surface area contributed by atoms with E-state index in [0.717, 1.165) is 31.1 Å². The topological polar surface area (TPSA) is 12.0 Å². The summed E-state index contributed by atoms with van der Waals surface area (Å²) in [5, 5.41) is 3.16. The lowest BCUT2D eigenvalue weighted by Crippen LogP contribution is -2.04. The maximum absolute atomic E-state index is 13.2. The Kier molecular flexibility index (Phi) is 2.59. The van der Waals surface area contributed by atoms with Gasteiger partial charge in [0.15, 0.2) is 0 Å². The Balaban J connectivity index is 2.28. The van der Waals surface area contributed by atoms with Crippen molar-refractivity contribution in [3.63, 3.8) is 0 Å². The van der Waals surface area contributed by atoms with Crippen LogP contribution in [-0.4, -0.2) is 13.1 Å². The summed E-state index contributed by atoms with van der Waals surface area (Å²) < 4.78 is 25.8. The fourth-order valence-electron chi connectivity index (χ4n) is 1.55. The number of hydrogen-bond donors (Lipinski definition) is 1. The summed E-state index contributed by atoms with van der Waals surface area (Å²) in [5.74, 6) is -1.03. The van der Waals surface area contributed by atoms with Gasteiger partial charge in [-0.1, -0.05) is 11.6 Å². The molecule has 1 fully saturated rings. The SMILES string of the molecule is Fc1ccc(C=C2CCNC2)c(F)c1. The molecule has 1 nitrogen and oxygen atoms in total. The molecule has 2 rings (SSSR count). The van der Waals surface area contributed by atoms with Crippen LogP contribution >= 0.6 is 0 Å². The van der Waals surface area contributed by atoms with Gasteiger partial charge in [0.25, 0.3) is 0 Å². The molecule has 74 valence electrons. The molecular weight excluding hydrogens is 184 g/mol. The van der Waals surface area contributed by atoms with Crippen molar-refractivity contribution in [2.75, 3.05) is 13.1 Å². The first-order valence-electron chi connectivity index (χ1n) is 4.61. The van der Waals surface area contributed by atoms with Crippen LogP contribution in [0, 0.1) is 11.6 Å². The van der Waals surface area contributed by atoms with E-state index < -0.39 is 11.6 Å². The van der Waals surface area contributed by atoms with E-state index in [9.17, 15) is 8.78 Å². The Labute approximate surface area is 81.4 Å². The minimum absolute atomic E-state index is 0.463. The van der Waals surface area contributed by atoms with Crippen molar-refractivity contribution in [3.8, 4) is 0 Å². The zero-order chi connectivity index (χ0) is 9.97. The fourth-order valence-corrected chi connectivity index (χ4v) is 1.55. The van der Waals surface area contributed by atoms with Gasteiger partial charge >= 0.3 is 0 Å². The first kappa shape index (κ1) is 9.34. The van der Waals surface area contributed by atoms with E-state index in [1.54, 1.807) is 6.08 Å². The summed E-state index contributed by atoms with van der Waals surface area (Å²) >= 11 is 0. The average Bonchev–Trinajstić information content (AvgIpc) is 2.62. The molecule has 0 aliphatic carbocycles. The second-order valence-electron chi connectivity index (χ2n) is 3.40. The highest BCUT2D eigenvalue weighted by Crippen LogP contribution is 2.16. The van der Waals surface area contributed by atoms with Crippen molar-refractivity contribution in [1.29, 1.82) is 0 Å². The molecule has 1 aromatic carbocycles. The summed E-state index contributed by atoms with van der Waals surface area (Å²) in [6, 6.07) is 3.66. The molecule has 1 aromatic rings. The predicted octanol–water partition coefficient (Wildman–Crippen LogP) is 2.34. The van der Waals surface area contributed by atoms with Crippen molar-refractivity contribution in [1.82, 2.24) is 5.32 Å². The minimum Gasteiger partial charge on any atom is -0.313 e. The molecule has 0 amide bonds. The zero-order valence-corrected chi connectivity index (χ0v) is 7.69. The highest BCUT2D eigenvalue weighted by Gasteiger charge is 2.07. The van der Waals surface area contributed by atoms with Gasteiger partial charge in [0.1, 0.15) is 11.6 Å². The molecule has 1 heterocycles. The van der Waals surface area contributed by atoms with E-state index in [1.807, 2.05) is 0 Å². The summed E-state index contributed by atoms with van der Waals surface area (Å²) in [5.41, 5.74) is 1.63. The van der Waals surface area contributed by atoms with Gasteiger partial charge in [0, 0.05) is 18.2 Å². The standard InChI is InChI=1S/C11H11F2N/c12-10-2-1-9(11(13)6-10)5-8-3-4-14-7-8/h1-2,5-6,14H,3-4,7H2. The molecule has 0 saturated carbocycles. The monoisotopic (exact) mass is 195 g/mol. The Hall–Kier alpha value is -1.22. The van der Waals surface area contributed by atoms with Crippen LogP contribution in [0.3, 0.4) is 0 Å². The van der Waals surface area contributed by atoms with Crippen LogP contribution in [0.4, 0.5) is 8.78 Å². The summed E-state index contributed by atoms with van der Waals surface area (Å²) in [4.78, 5) is 0. The Morgan fingerprint density at radius 3 is 2.79 bits per heavy atom. The third kappa shape index (κ3) is 1.99. The van der Waals surface area contributed by atoms with Crippen LogP contribution in [0.1, 0.15) is 12.0 Å². The summed E-state index contributed by atoms with van der Waals surface area (Å²) in [6.45, 7) is 1.74. The average molecular weight is 195 g/mol. The maximum atomic E-state index is 13.2. The van der Waals surface area contributed by atoms with E-state index in [4.69, 9.17) is 0 Å². The second-order valence-corrected chi connectivity index (χ2v) is 3.40. The molecule has 0 spiro atoms. The fraction of sp³-hybridized carbons (Fsp3) is 0.273. The number of benzene rings is 1. The van der Waals surface area contributed by atoms with Gasteiger partial charge in [-0.2, -0.15) is 0 Å². The molecule has 0 bridgehead atoms. The lowest BCUT2D eigenvalue weighted by Gasteiger charge is -1.99. The smallest absolute Gasteiger partial charge is 0.133 e. The van der Waals surface area contributed by atoms with Crippen molar-refractivity contribution < 1.29 is 8.78 Å². The van der Waals surface area contributed by atoms with Gasteiger partial charge in [0.2, 0.25) is 0 Å². The molecule has 0 radical (unpaired) electrons. The van der Waals surface area contributed by atoms with Crippen LogP contribution < -0.4 is 5.32 Å². The van der Waals surface area contributed by atoms with Crippen LogP contribution in [0.25, 0.3) is 6.08 Å². The zero-order valence-electron chi connectivity index (χ0n) is 7.69. The minimum atomic E-state index is -0.533. The van der Waals surface area contributed by atoms with Crippen molar-refractivity contribution in [3.05, 3.63) is 41.0 Å². The normalized spacial score (nSPS) is 19.1. The van der Waals surface area contributed by atoms with Gasteiger partial charge in [-0.25, -0.2) is 8.78 Å². The van der Waals surface area contributed by atoms with Gasteiger partial charge in [0.05, 0.1) is 0 Å². The number of rotatable bonds is 1. The summed E-state index contributed by atoms with van der Waals surface area (Å²) in [6.07, 6.45) is 2.73. The first-order chi connectivity index (χ1) is 6.75. The predicted molar refractivity (Wildman–Crippen MR) is 51.8 cm³/mol. The van der Waals surface area contributed by atoms with Gasteiger partial charge in [-0.05, 0) is 25.1 Å². The molecule has 3 heteroatoms. The highest BCUT2D eigenvalue weighted by molar-refractivity contribution is 5.54. The van der Waals surface area contributed by atoms with Crippen LogP contribution in [0.15, 0.2) is 23.8 Å². The molecule has 1 saturated heterocycles. The largest absolute Gasteiger partial charge is 0.313 e. The Bertz CT molecular complexity index is 364. The Morgan fingerprint density at radius 2 is 2.14 bits per heavy atom. The van der Waals surface area contributed by atoms with Crippen LogP contribution in [-0.2, 0) is 0 Å². The third-order valence-corrected chi connectivity index (χ3v) is 2.30. The number of halogens is 2. The Morgan fingerprint density at radius 1 is 1.29 bits per heavy atom. The first-order valence-corrected chi connectivity index (χ1v) is 4.61. The molecule has 1 N–H and O–H groups in total. The highest BCUT2D eigenvalue weighted by atomic mass is 19.1. The van der Waals surface area contributed by atoms with Crippen molar-refractivity contribution >= 4 is 6.08 Å². The third-order valence-electron chi connectivity index (χ3n) is 2.30. The second kappa shape index (κ2) is 3.88. The van der Waals surface area contributed by atoms with Crippen molar-refractivity contribution in [2.24, 2.45) is 0 Å². The van der Waals surface area contributed by atoms with E-state index in [2.05, 4.69) is 5.32 Å². The molecule has 1 aliphatic rings. The van der Waals surface area contributed by atoms with E-state index >= 15 is 0 Å². The van der Waals surface area contributed by atoms with Gasteiger partial charge in [-0.15, -0.1) is 0 Å². The molecule has 1 aliphatic heterocycles. The van der Waals surface area contributed by atoms with Crippen molar-refractivity contribution in [2.45, 2.75) is 6.42 Å². The maximum Gasteiger partial charge on any atom is 0.133 e. The quantitative estimate of drug-likeness (QED) is 0.725. The lowest BCUT2D eigenvalue weighted by atomic mass is 10.1. The molecule has 0 atom stereocenters. The molecule has 0 aromatic heterocycles.